The van der Waals surface area contributed by atoms with Crippen LogP contribution in [-0.4, -0.2) is 6.36 Å². The number of halogens is 8. The first-order valence-electron chi connectivity index (χ1n) is 11.5. The highest BCUT2D eigenvalue weighted by molar-refractivity contribution is 5.65. The van der Waals surface area contributed by atoms with Crippen molar-refractivity contribution in [3.05, 3.63) is 83.2 Å². The van der Waals surface area contributed by atoms with Gasteiger partial charge >= 0.3 is 12.5 Å². The van der Waals surface area contributed by atoms with Crippen molar-refractivity contribution in [1.29, 1.82) is 0 Å². The van der Waals surface area contributed by atoms with E-state index < -0.39 is 47.0 Å². The van der Waals surface area contributed by atoms with Crippen LogP contribution in [0, 0.1) is 23.4 Å². The molecule has 0 N–H and O–H groups in total. The molecule has 198 valence electrons. The summed E-state index contributed by atoms with van der Waals surface area (Å²) in [6.07, 6.45) is -5.37. The number of hydrogen-bond donors (Lipinski definition) is 0. The van der Waals surface area contributed by atoms with E-state index in [9.17, 15) is 35.1 Å². The average molecular weight is 530 g/mol. The van der Waals surface area contributed by atoms with Gasteiger partial charge in [0.1, 0.15) is 11.3 Å². The summed E-state index contributed by atoms with van der Waals surface area (Å²) in [6, 6.07) is 9.68. The lowest BCUT2D eigenvalue weighted by Gasteiger charge is -2.26. The van der Waals surface area contributed by atoms with Gasteiger partial charge < -0.3 is 9.47 Å². The molecule has 0 atom stereocenters. The first-order chi connectivity index (χ1) is 17.3. The Morgan fingerprint density at radius 3 is 1.97 bits per heavy atom. The SMILES string of the molecule is CC1CCC(c2ccc(-c3ccc(C(F)(F)Oc4ccc(OC(F)(F)F)c(F)c4)c(F)c3F)cc2)CC1. The Kier molecular flexibility index (Phi) is 7.39. The van der Waals surface area contributed by atoms with Crippen molar-refractivity contribution in [2.24, 2.45) is 5.92 Å². The van der Waals surface area contributed by atoms with Gasteiger partial charge in [-0.05, 0) is 54.0 Å². The molecule has 0 spiro atoms. The van der Waals surface area contributed by atoms with Gasteiger partial charge in [-0.15, -0.1) is 13.2 Å². The average Bonchev–Trinajstić information content (AvgIpc) is 2.82. The Bertz CT molecular complexity index is 1250. The van der Waals surface area contributed by atoms with Crippen molar-refractivity contribution in [2.75, 3.05) is 0 Å². The Balaban J connectivity index is 1.53. The molecule has 1 saturated carbocycles. The number of alkyl halides is 5. The minimum Gasteiger partial charge on any atom is -0.429 e. The van der Waals surface area contributed by atoms with Crippen LogP contribution in [0.15, 0.2) is 54.6 Å². The van der Waals surface area contributed by atoms with Gasteiger partial charge in [0.2, 0.25) is 0 Å². The molecule has 3 aromatic rings. The molecule has 1 fully saturated rings. The standard InChI is InChI=1S/C27H22F8O2/c1-15-2-4-16(5-3-15)17-6-8-18(9-7-17)20-11-12-21(25(30)24(20)29)26(31,32)36-19-10-13-23(22(28)14-19)37-27(33,34)35/h6-16H,2-5H2,1H3. The molecule has 3 aromatic carbocycles. The summed E-state index contributed by atoms with van der Waals surface area (Å²) < 4.78 is 117. The summed E-state index contributed by atoms with van der Waals surface area (Å²) >= 11 is 0. The van der Waals surface area contributed by atoms with Gasteiger partial charge in [-0.2, -0.15) is 8.78 Å². The predicted octanol–water partition coefficient (Wildman–Crippen LogP) is 9.09. The second-order valence-corrected chi connectivity index (χ2v) is 9.13. The zero-order valence-corrected chi connectivity index (χ0v) is 19.5. The van der Waals surface area contributed by atoms with Crippen molar-refractivity contribution in [3.8, 4) is 22.6 Å². The Morgan fingerprint density at radius 1 is 0.730 bits per heavy atom. The highest BCUT2D eigenvalue weighted by Crippen LogP contribution is 2.39. The lowest BCUT2D eigenvalue weighted by atomic mass is 9.79. The number of ether oxygens (including phenoxy) is 2. The maximum absolute atomic E-state index is 14.8. The Labute approximate surface area is 207 Å². The summed E-state index contributed by atoms with van der Waals surface area (Å²) in [5.41, 5.74) is -0.326. The minimum atomic E-state index is -5.20. The van der Waals surface area contributed by atoms with Gasteiger partial charge in [-0.25, -0.2) is 13.2 Å². The third-order valence-corrected chi connectivity index (χ3v) is 6.48. The van der Waals surface area contributed by atoms with Crippen LogP contribution in [0.1, 0.15) is 49.7 Å². The fraction of sp³-hybridized carbons (Fsp3) is 0.333. The van der Waals surface area contributed by atoms with E-state index in [1.54, 1.807) is 12.1 Å². The van der Waals surface area contributed by atoms with Gasteiger partial charge in [-0.3, -0.25) is 0 Å². The second kappa shape index (κ2) is 10.2. The number of hydrogen-bond acceptors (Lipinski definition) is 2. The van der Waals surface area contributed by atoms with E-state index in [-0.39, 0.29) is 11.6 Å². The fourth-order valence-electron chi connectivity index (χ4n) is 4.48. The van der Waals surface area contributed by atoms with E-state index in [0.717, 1.165) is 37.3 Å². The molecule has 0 radical (unpaired) electrons. The third-order valence-electron chi connectivity index (χ3n) is 6.48. The summed E-state index contributed by atoms with van der Waals surface area (Å²) in [7, 11) is 0. The van der Waals surface area contributed by atoms with Gasteiger partial charge in [-0.1, -0.05) is 50.1 Å². The van der Waals surface area contributed by atoms with Crippen molar-refractivity contribution in [2.45, 2.75) is 51.0 Å². The number of rotatable bonds is 6. The predicted molar refractivity (Wildman–Crippen MR) is 120 cm³/mol. The molecule has 1 aliphatic carbocycles. The molecule has 0 aromatic heterocycles. The van der Waals surface area contributed by atoms with Crippen molar-refractivity contribution in [1.82, 2.24) is 0 Å². The van der Waals surface area contributed by atoms with Crippen LogP contribution < -0.4 is 9.47 Å². The van der Waals surface area contributed by atoms with Gasteiger partial charge in [0.25, 0.3) is 0 Å². The molecule has 0 bridgehead atoms. The molecular weight excluding hydrogens is 508 g/mol. The smallest absolute Gasteiger partial charge is 0.429 e. The maximum Gasteiger partial charge on any atom is 0.573 e. The first-order valence-corrected chi connectivity index (χ1v) is 11.5. The van der Waals surface area contributed by atoms with Crippen molar-refractivity contribution >= 4 is 0 Å². The summed E-state index contributed by atoms with van der Waals surface area (Å²) in [5.74, 6) is -6.18. The highest BCUT2D eigenvalue weighted by Gasteiger charge is 2.40. The second-order valence-electron chi connectivity index (χ2n) is 9.13. The van der Waals surface area contributed by atoms with E-state index in [0.29, 0.717) is 35.6 Å². The highest BCUT2D eigenvalue weighted by atomic mass is 19.4. The van der Waals surface area contributed by atoms with Crippen LogP contribution in [0.3, 0.4) is 0 Å². The molecule has 0 saturated heterocycles. The molecule has 0 amide bonds. The molecule has 1 aliphatic rings. The Hall–Kier alpha value is -3.30. The van der Waals surface area contributed by atoms with Crippen LogP contribution in [0.25, 0.3) is 11.1 Å². The monoisotopic (exact) mass is 530 g/mol. The Morgan fingerprint density at radius 2 is 1.38 bits per heavy atom. The van der Waals surface area contributed by atoms with E-state index >= 15 is 0 Å². The van der Waals surface area contributed by atoms with Crippen molar-refractivity contribution in [3.63, 3.8) is 0 Å². The zero-order valence-electron chi connectivity index (χ0n) is 19.5. The van der Waals surface area contributed by atoms with E-state index in [1.165, 1.54) is 0 Å². The largest absolute Gasteiger partial charge is 0.573 e. The van der Waals surface area contributed by atoms with Crippen LogP contribution >= 0.6 is 0 Å². The third kappa shape index (κ3) is 6.17. The molecule has 37 heavy (non-hydrogen) atoms. The molecule has 4 rings (SSSR count). The van der Waals surface area contributed by atoms with Crippen LogP contribution in [0.5, 0.6) is 11.5 Å². The zero-order chi connectivity index (χ0) is 27.0. The van der Waals surface area contributed by atoms with Crippen molar-refractivity contribution < 1.29 is 44.6 Å². The quantitative estimate of drug-likeness (QED) is 0.296. The summed E-state index contributed by atoms with van der Waals surface area (Å²) in [4.78, 5) is 0. The molecule has 0 unspecified atom stereocenters. The van der Waals surface area contributed by atoms with Gasteiger partial charge in [0, 0.05) is 11.6 Å². The molecule has 0 heterocycles. The number of benzene rings is 3. The molecular formula is C27H22F8O2. The van der Waals surface area contributed by atoms with Crippen LogP contribution in [0.2, 0.25) is 0 Å². The maximum atomic E-state index is 14.8. The minimum absolute atomic E-state index is 0.214. The summed E-state index contributed by atoms with van der Waals surface area (Å²) in [5, 5.41) is 0. The van der Waals surface area contributed by atoms with Crippen LogP contribution in [0.4, 0.5) is 35.1 Å². The van der Waals surface area contributed by atoms with Gasteiger partial charge in [0.15, 0.2) is 23.2 Å². The topological polar surface area (TPSA) is 18.5 Å². The fourth-order valence-corrected chi connectivity index (χ4v) is 4.48. The lowest BCUT2D eigenvalue weighted by molar-refractivity contribution is -0.275. The van der Waals surface area contributed by atoms with E-state index in [1.807, 2.05) is 12.1 Å². The van der Waals surface area contributed by atoms with Gasteiger partial charge in [0.05, 0.1) is 0 Å². The van der Waals surface area contributed by atoms with E-state index in [4.69, 9.17) is 0 Å². The summed E-state index contributed by atoms with van der Waals surface area (Å²) in [6.45, 7) is 2.20. The molecule has 2 nitrogen and oxygen atoms in total. The van der Waals surface area contributed by atoms with Crippen LogP contribution in [-0.2, 0) is 6.11 Å². The lowest BCUT2D eigenvalue weighted by Crippen LogP contribution is -2.24. The first kappa shape index (κ1) is 26.8. The van der Waals surface area contributed by atoms with E-state index in [2.05, 4.69) is 16.4 Å². The normalized spacial score (nSPS) is 18.5. The molecule has 0 aliphatic heterocycles. The molecule has 10 heteroatoms.